The minimum Gasteiger partial charge on any atom is -0.318 e. The maximum Gasteiger partial charge on any atom is 0.182 e. The van der Waals surface area contributed by atoms with Crippen molar-refractivity contribution < 1.29 is 4.79 Å². The molecule has 0 saturated heterocycles. The van der Waals surface area contributed by atoms with Crippen LogP contribution in [0.5, 0.6) is 0 Å². The average Bonchev–Trinajstić information content (AvgIpc) is 2.63. The Balaban J connectivity index is 2.57. The molecule has 1 heterocycles. The van der Waals surface area contributed by atoms with Gasteiger partial charge in [0.1, 0.15) is 0 Å². The van der Waals surface area contributed by atoms with Gasteiger partial charge in [0.05, 0.1) is 5.38 Å². The van der Waals surface area contributed by atoms with Crippen LogP contribution in [0.3, 0.4) is 0 Å². The van der Waals surface area contributed by atoms with Crippen LogP contribution < -0.4 is 0 Å². The summed E-state index contributed by atoms with van der Waals surface area (Å²) in [5, 5.41) is -0.494. The number of carbonyl (C=O) groups is 1. The van der Waals surface area contributed by atoms with E-state index in [4.69, 9.17) is 11.6 Å². The van der Waals surface area contributed by atoms with Crippen molar-refractivity contribution in [2.24, 2.45) is 0 Å². The van der Waals surface area contributed by atoms with E-state index in [0.29, 0.717) is 5.56 Å². The molecule has 0 bridgehead atoms. The van der Waals surface area contributed by atoms with Gasteiger partial charge < -0.3 is 4.57 Å². The van der Waals surface area contributed by atoms with Crippen molar-refractivity contribution in [1.29, 1.82) is 0 Å². The molecule has 0 aliphatic rings. The molecule has 2 rings (SSSR count). The number of carbonyl (C=O) groups excluding carboxylic acids is 1. The maximum absolute atomic E-state index is 12.1. The predicted octanol–water partition coefficient (Wildman–Crippen LogP) is 4.21. The van der Waals surface area contributed by atoms with E-state index in [1.54, 1.807) is 6.92 Å². The van der Waals surface area contributed by atoms with Crippen LogP contribution >= 0.6 is 11.6 Å². The van der Waals surface area contributed by atoms with Crippen LogP contribution in [0.2, 0.25) is 0 Å². The molecule has 2 aromatic rings. The minimum atomic E-state index is -0.494. The topological polar surface area (TPSA) is 22.0 Å². The lowest BCUT2D eigenvalue weighted by molar-refractivity contribution is 0.0991. The summed E-state index contributed by atoms with van der Waals surface area (Å²) in [5.41, 5.74) is 4.98. The predicted molar refractivity (Wildman–Crippen MR) is 79.6 cm³/mol. The first-order chi connectivity index (χ1) is 8.91. The van der Waals surface area contributed by atoms with Crippen LogP contribution in [0.4, 0.5) is 0 Å². The molecular weight excluding hydrogens is 258 g/mol. The summed E-state index contributed by atoms with van der Waals surface area (Å²) in [4.78, 5) is 12.1. The number of aromatic nitrogens is 1. The quantitative estimate of drug-likeness (QED) is 0.607. The first kappa shape index (κ1) is 13.9. The van der Waals surface area contributed by atoms with Crippen molar-refractivity contribution >= 4 is 17.4 Å². The molecule has 0 saturated carbocycles. The van der Waals surface area contributed by atoms with Gasteiger partial charge in [0, 0.05) is 22.6 Å². The maximum atomic E-state index is 12.1. The number of alkyl halides is 1. The third-order valence-electron chi connectivity index (χ3n) is 3.32. The van der Waals surface area contributed by atoms with Crippen LogP contribution in [0.25, 0.3) is 5.69 Å². The summed E-state index contributed by atoms with van der Waals surface area (Å²) in [6.07, 6.45) is 0. The van der Waals surface area contributed by atoms with Gasteiger partial charge in [-0.25, -0.2) is 0 Å². The Morgan fingerprint density at radius 1 is 1.21 bits per heavy atom. The van der Waals surface area contributed by atoms with E-state index < -0.39 is 5.38 Å². The lowest BCUT2D eigenvalue weighted by atomic mass is 10.1. The highest BCUT2D eigenvalue weighted by molar-refractivity contribution is 6.33. The molecular formula is C16H18ClNO. The van der Waals surface area contributed by atoms with E-state index in [-0.39, 0.29) is 5.78 Å². The van der Waals surface area contributed by atoms with E-state index >= 15 is 0 Å². The number of halogens is 1. The molecule has 1 atom stereocenters. The molecule has 3 heteroatoms. The summed E-state index contributed by atoms with van der Waals surface area (Å²) < 4.78 is 2.10. The fourth-order valence-electron chi connectivity index (χ4n) is 2.39. The summed E-state index contributed by atoms with van der Waals surface area (Å²) in [6.45, 7) is 7.74. The summed E-state index contributed by atoms with van der Waals surface area (Å²) >= 11 is 5.91. The summed E-state index contributed by atoms with van der Waals surface area (Å²) in [6, 6.07) is 10.2. The number of aryl methyl sites for hydroxylation is 2. The van der Waals surface area contributed by atoms with Gasteiger partial charge in [0.15, 0.2) is 5.78 Å². The monoisotopic (exact) mass is 275 g/mol. The number of hydrogen-bond acceptors (Lipinski definition) is 1. The molecule has 0 aliphatic heterocycles. The van der Waals surface area contributed by atoms with E-state index in [2.05, 4.69) is 23.6 Å². The third kappa shape index (κ3) is 2.59. The van der Waals surface area contributed by atoms with Crippen LogP contribution in [0.15, 0.2) is 30.3 Å². The minimum absolute atomic E-state index is 0.0198. The largest absolute Gasteiger partial charge is 0.318 e. The highest BCUT2D eigenvalue weighted by Crippen LogP contribution is 2.23. The van der Waals surface area contributed by atoms with Crippen molar-refractivity contribution in [3.8, 4) is 5.69 Å². The van der Waals surface area contributed by atoms with E-state index in [0.717, 1.165) is 17.1 Å². The number of ketones is 1. The molecule has 0 N–H and O–H groups in total. The molecule has 0 amide bonds. The van der Waals surface area contributed by atoms with Gasteiger partial charge >= 0.3 is 0 Å². The smallest absolute Gasteiger partial charge is 0.182 e. The van der Waals surface area contributed by atoms with Crippen LogP contribution in [-0.2, 0) is 0 Å². The Labute approximate surface area is 119 Å². The molecule has 0 spiro atoms. The average molecular weight is 276 g/mol. The zero-order valence-electron chi connectivity index (χ0n) is 11.7. The molecule has 100 valence electrons. The van der Waals surface area contributed by atoms with Crippen molar-refractivity contribution in [3.05, 3.63) is 52.8 Å². The number of benzene rings is 1. The summed E-state index contributed by atoms with van der Waals surface area (Å²) in [5.74, 6) is -0.0198. The molecule has 0 fully saturated rings. The lowest BCUT2D eigenvalue weighted by Gasteiger charge is -2.11. The fourth-order valence-corrected chi connectivity index (χ4v) is 2.51. The Hall–Kier alpha value is -1.54. The number of hydrogen-bond donors (Lipinski definition) is 0. The van der Waals surface area contributed by atoms with Gasteiger partial charge in [-0.3, -0.25) is 4.79 Å². The van der Waals surface area contributed by atoms with Gasteiger partial charge in [0.2, 0.25) is 0 Å². The standard InChI is InChI=1S/C16H18ClNO/c1-10-6-5-7-14(8-10)18-11(2)9-15(13(18)4)16(19)12(3)17/h5-9,12H,1-4H3. The first-order valence-electron chi connectivity index (χ1n) is 6.36. The lowest BCUT2D eigenvalue weighted by Crippen LogP contribution is -2.11. The second-order valence-electron chi connectivity index (χ2n) is 4.94. The summed E-state index contributed by atoms with van der Waals surface area (Å²) in [7, 11) is 0. The van der Waals surface area contributed by atoms with Crippen molar-refractivity contribution in [2.75, 3.05) is 0 Å². The molecule has 19 heavy (non-hydrogen) atoms. The van der Waals surface area contributed by atoms with E-state index in [1.807, 2.05) is 32.0 Å². The zero-order chi connectivity index (χ0) is 14.2. The van der Waals surface area contributed by atoms with Crippen LogP contribution in [0.1, 0.15) is 34.2 Å². The fraction of sp³-hybridized carbons (Fsp3) is 0.312. The Bertz CT molecular complexity index is 626. The Morgan fingerprint density at radius 3 is 2.47 bits per heavy atom. The highest BCUT2D eigenvalue weighted by Gasteiger charge is 2.19. The van der Waals surface area contributed by atoms with Crippen LogP contribution in [-0.4, -0.2) is 15.7 Å². The van der Waals surface area contributed by atoms with Crippen LogP contribution in [0, 0.1) is 20.8 Å². The van der Waals surface area contributed by atoms with Gasteiger partial charge in [0.25, 0.3) is 0 Å². The molecule has 1 aromatic heterocycles. The first-order valence-corrected chi connectivity index (χ1v) is 6.79. The second-order valence-corrected chi connectivity index (χ2v) is 5.59. The Kier molecular flexibility index (Phi) is 3.81. The SMILES string of the molecule is Cc1cccc(-n2c(C)cc(C(=O)C(C)Cl)c2C)c1. The molecule has 0 radical (unpaired) electrons. The van der Waals surface area contributed by atoms with E-state index in [9.17, 15) is 4.79 Å². The molecule has 1 aromatic carbocycles. The second kappa shape index (κ2) is 5.22. The van der Waals surface area contributed by atoms with Gasteiger partial charge in [-0.1, -0.05) is 12.1 Å². The zero-order valence-corrected chi connectivity index (χ0v) is 12.5. The number of nitrogens with zero attached hydrogens (tertiary/aromatic N) is 1. The molecule has 2 nitrogen and oxygen atoms in total. The molecule has 1 unspecified atom stereocenters. The number of Topliss-reactive ketones (excluding diaryl/α,β-unsaturated/α-hetero) is 1. The highest BCUT2D eigenvalue weighted by atomic mass is 35.5. The van der Waals surface area contributed by atoms with E-state index in [1.165, 1.54) is 5.56 Å². The Morgan fingerprint density at radius 2 is 1.89 bits per heavy atom. The van der Waals surface area contributed by atoms with Gasteiger partial charge in [-0.05, 0) is 51.5 Å². The van der Waals surface area contributed by atoms with Crippen molar-refractivity contribution in [1.82, 2.24) is 4.57 Å². The van der Waals surface area contributed by atoms with Crippen molar-refractivity contribution in [3.63, 3.8) is 0 Å². The molecule has 0 aliphatic carbocycles. The normalized spacial score (nSPS) is 12.5. The number of rotatable bonds is 3. The van der Waals surface area contributed by atoms with Gasteiger partial charge in [-0.15, -0.1) is 11.6 Å². The van der Waals surface area contributed by atoms with Crippen molar-refractivity contribution in [2.45, 2.75) is 33.1 Å². The van der Waals surface area contributed by atoms with Gasteiger partial charge in [-0.2, -0.15) is 0 Å². The third-order valence-corrected chi connectivity index (χ3v) is 3.52.